The zero-order valence-corrected chi connectivity index (χ0v) is 16.1. The number of nitrogens with zero attached hydrogens (tertiary/aromatic N) is 3. The number of carbonyl (C=O) groups is 1. The Morgan fingerprint density at radius 1 is 1.56 bits per heavy atom. The van der Waals surface area contributed by atoms with Gasteiger partial charge in [0, 0.05) is 67.1 Å². The average molecular weight is 490 g/mol. The van der Waals surface area contributed by atoms with Crippen LogP contribution in [0.25, 0.3) is 5.52 Å². The van der Waals surface area contributed by atoms with Crippen molar-refractivity contribution < 1.29 is 63.4 Å². The molecule has 0 N–H and O–H groups in total. The van der Waals surface area contributed by atoms with Crippen LogP contribution in [0.15, 0.2) is 12.4 Å². The van der Waals surface area contributed by atoms with Crippen LogP contribution < -0.4 is 0 Å². The van der Waals surface area contributed by atoms with E-state index in [0.29, 0.717) is 5.56 Å². The topological polar surface area (TPSA) is 46.8 Å². The van der Waals surface area contributed by atoms with E-state index in [1.165, 1.54) is 12.2 Å². The van der Waals surface area contributed by atoms with Crippen LogP contribution in [-0.2, 0) is 58.6 Å². The monoisotopic (exact) mass is 490 g/mol. The summed E-state index contributed by atoms with van der Waals surface area (Å²) < 4.78 is 1.63. The molecule has 7 heteroatoms. The maximum absolute atomic E-state index is 11.9. The van der Waals surface area contributed by atoms with Gasteiger partial charge >= 0.3 is 0 Å². The van der Waals surface area contributed by atoms with Gasteiger partial charge in [-0.05, 0) is 0 Å². The summed E-state index contributed by atoms with van der Waals surface area (Å²) in [6.45, 7) is 1.82. The van der Waals surface area contributed by atoms with Crippen LogP contribution in [0.4, 0.5) is 0 Å². The summed E-state index contributed by atoms with van der Waals surface area (Å²) in [5, 5.41) is 1.17. The number of aromatic nitrogens is 2. The molecule has 0 atom stereocenters. The second kappa shape index (κ2) is 7.49. The Labute approximate surface area is 145 Å². The van der Waals surface area contributed by atoms with Crippen LogP contribution in [-0.4, -0.2) is 34.5 Å². The van der Waals surface area contributed by atoms with Crippen LogP contribution in [0.3, 0.4) is 0 Å². The fourth-order valence-corrected chi connectivity index (χ4v) is 1.41. The number of pyridine rings is 1. The van der Waals surface area contributed by atoms with E-state index >= 15 is 0 Å². The van der Waals surface area contributed by atoms with E-state index in [2.05, 4.69) is 17.4 Å². The minimum absolute atomic E-state index is 0. The number of fused-ring (bicyclic) bond motifs is 1. The molecule has 0 saturated carbocycles. The summed E-state index contributed by atoms with van der Waals surface area (Å²) >= 11 is 0. The van der Waals surface area contributed by atoms with E-state index in [1.807, 2.05) is 6.92 Å². The first-order valence-corrected chi connectivity index (χ1v) is 4.73. The van der Waals surface area contributed by atoms with Gasteiger partial charge in [-0.3, -0.25) is 9.63 Å². The van der Waals surface area contributed by atoms with Crippen molar-refractivity contribution in [1.82, 2.24) is 14.4 Å². The van der Waals surface area contributed by atoms with Gasteiger partial charge in [0.15, 0.2) is 0 Å². The Hall–Kier alpha value is -0.0878. The third kappa shape index (κ3) is 3.47. The average Bonchev–Trinajstić information content (AvgIpc) is 2.72. The summed E-state index contributed by atoms with van der Waals surface area (Å²) in [6.07, 6.45) is 6.04. The first kappa shape index (κ1) is 17.9. The quantitative estimate of drug-likeness (QED) is 0.465. The maximum atomic E-state index is 11.9. The van der Waals surface area contributed by atoms with Gasteiger partial charge in [0.2, 0.25) is 5.91 Å². The molecule has 5 nitrogen and oxygen atoms in total. The van der Waals surface area contributed by atoms with Gasteiger partial charge in [0.1, 0.15) is 0 Å². The molecule has 93 valence electrons. The predicted molar refractivity (Wildman–Crippen MR) is 56.7 cm³/mol. The van der Waals surface area contributed by atoms with Crippen molar-refractivity contribution in [3.8, 4) is 0 Å². The van der Waals surface area contributed by atoms with E-state index in [9.17, 15) is 4.79 Å². The van der Waals surface area contributed by atoms with Crippen molar-refractivity contribution >= 4 is 11.4 Å². The molecule has 2 aromatic rings. The van der Waals surface area contributed by atoms with E-state index < -0.39 is 0 Å². The number of carbonyl (C=O) groups excluding carboxylic acids is 1. The Morgan fingerprint density at radius 2 is 2.22 bits per heavy atom. The van der Waals surface area contributed by atoms with Crippen LogP contribution in [0.2, 0.25) is 0 Å². The standard InChI is InChI=1S/C11H11N3O2.W.Y/c1-8-4-9-5-12-7-14(9)6-10(8)11(15)13(2)16-3;;/h5-6H,1-3H3;;/q-2;;. The fraction of sp³-hybridized carbons (Fsp3) is 0.273. The Morgan fingerprint density at radius 3 is 2.83 bits per heavy atom. The third-order valence-corrected chi connectivity index (χ3v) is 2.38. The summed E-state index contributed by atoms with van der Waals surface area (Å²) in [6, 6.07) is 3.06. The predicted octanol–water partition coefficient (Wildman–Crippen LogP) is 0.871. The van der Waals surface area contributed by atoms with Crippen molar-refractivity contribution in [3.63, 3.8) is 0 Å². The summed E-state index contributed by atoms with van der Waals surface area (Å²) in [4.78, 5) is 20.6. The van der Waals surface area contributed by atoms with Crippen LogP contribution in [0, 0.1) is 19.3 Å². The summed E-state index contributed by atoms with van der Waals surface area (Å²) in [5.41, 5.74) is 2.07. The van der Waals surface area contributed by atoms with Crippen molar-refractivity contribution in [2.75, 3.05) is 14.2 Å². The minimum atomic E-state index is -0.222. The van der Waals surface area contributed by atoms with E-state index in [-0.39, 0.29) is 59.7 Å². The number of amides is 1. The molecule has 1 amide bonds. The van der Waals surface area contributed by atoms with E-state index in [1.54, 1.807) is 23.8 Å². The molecule has 0 saturated heterocycles. The molecule has 0 spiro atoms. The molecule has 0 bridgehead atoms. The number of imidazole rings is 1. The van der Waals surface area contributed by atoms with Gasteiger partial charge in [-0.15, -0.1) is 11.7 Å². The molecule has 0 aromatic carbocycles. The second-order valence-electron chi connectivity index (χ2n) is 3.39. The zero-order chi connectivity index (χ0) is 11.7. The number of aryl methyl sites for hydroxylation is 1. The van der Waals surface area contributed by atoms with Crippen molar-refractivity contribution in [2.24, 2.45) is 0 Å². The molecule has 2 rings (SSSR count). The van der Waals surface area contributed by atoms with Gasteiger partial charge in [0.05, 0.1) is 7.11 Å². The molecular weight excluding hydrogens is 479 g/mol. The first-order valence-electron chi connectivity index (χ1n) is 4.73. The summed E-state index contributed by atoms with van der Waals surface area (Å²) in [5.74, 6) is -0.222. The van der Waals surface area contributed by atoms with Crippen LogP contribution in [0.5, 0.6) is 0 Å². The largest absolute Gasteiger partial charge is 0.456 e. The van der Waals surface area contributed by atoms with Crippen LogP contribution >= 0.6 is 0 Å². The van der Waals surface area contributed by atoms with E-state index in [0.717, 1.165) is 11.1 Å². The number of rotatable bonds is 2. The number of hydroxylamine groups is 2. The van der Waals surface area contributed by atoms with Crippen LogP contribution in [0.1, 0.15) is 15.9 Å². The molecule has 0 aliphatic heterocycles. The normalized spacial score (nSPS) is 9.50. The van der Waals surface area contributed by atoms with Crippen molar-refractivity contribution in [1.29, 1.82) is 0 Å². The molecule has 18 heavy (non-hydrogen) atoms. The molecule has 2 aromatic heterocycles. The Bertz CT molecular complexity index is 544. The van der Waals surface area contributed by atoms with Gasteiger partial charge < -0.3 is 9.38 Å². The van der Waals surface area contributed by atoms with Crippen molar-refractivity contribution in [3.05, 3.63) is 35.9 Å². The van der Waals surface area contributed by atoms with Gasteiger partial charge in [-0.25, -0.2) is 11.1 Å². The van der Waals surface area contributed by atoms with Gasteiger partial charge in [-0.1, -0.05) is 18.7 Å². The zero-order valence-electron chi connectivity index (χ0n) is 10.3. The third-order valence-electron chi connectivity index (χ3n) is 2.38. The molecule has 0 unspecified atom stereocenters. The number of hydrogen-bond acceptors (Lipinski definition) is 3. The van der Waals surface area contributed by atoms with Gasteiger partial charge in [-0.2, -0.15) is 5.56 Å². The smallest absolute Gasteiger partial charge is 0.214 e. The molecular formula is C11H11N3O2WY-2. The number of hydrogen-bond donors (Lipinski definition) is 0. The second-order valence-corrected chi connectivity index (χ2v) is 3.39. The Balaban J connectivity index is 0.00000144. The summed E-state index contributed by atoms with van der Waals surface area (Å²) in [7, 11) is 3.00. The molecule has 0 aliphatic carbocycles. The maximum Gasteiger partial charge on any atom is 0.214 e. The molecule has 0 aliphatic rings. The fourth-order valence-electron chi connectivity index (χ4n) is 1.41. The van der Waals surface area contributed by atoms with Crippen molar-refractivity contribution in [2.45, 2.75) is 6.92 Å². The molecule has 2 heterocycles. The minimum Gasteiger partial charge on any atom is -0.456 e. The SMILES string of the molecule is CON(C)C(=O)c1cn2[c-]ncc2[c-]c1C.[W].[Y]. The molecule has 0 fully saturated rings. The Kier molecular flexibility index (Phi) is 7.45. The van der Waals surface area contributed by atoms with E-state index in [4.69, 9.17) is 4.84 Å². The first-order chi connectivity index (χ1) is 7.63. The molecule has 1 radical (unpaired) electrons. The van der Waals surface area contributed by atoms with Gasteiger partial charge in [0.25, 0.3) is 0 Å².